The predicted octanol–water partition coefficient (Wildman–Crippen LogP) is 1.23. The second-order valence-electron chi connectivity index (χ2n) is 5.06. The summed E-state index contributed by atoms with van der Waals surface area (Å²) in [7, 11) is 0. The van der Waals surface area contributed by atoms with Crippen molar-refractivity contribution in [3.8, 4) is 0 Å². The summed E-state index contributed by atoms with van der Waals surface area (Å²) in [4.78, 5) is 18.2. The summed E-state index contributed by atoms with van der Waals surface area (Å²) in [6, 6.07) is 4.44. The van der Waals surface area contributed by atoms with Crippen LogP contribution in [-0.4, -0.2) is 54.5 Å². The predicted molar refractivity (Wildman–Crippen MR) is 88.9 cm³/mol. The summed E-state index contributed by atoms with van der Waals surface area (Å²) in [6.45, 7) is 4.27. The highest BCUT2D eigenvalue weighted by Crippen LogP contribution is 2.09. The molecule has 1 aliphatic heterocycles. The largest absolute Gasteiger partial charge is 0.370 e. The topological polar surface area (TPSA) is 70.7 Å². The van der Waals surface area contributed by atoms with Gasteiger partial charge in [-0.05, 0) is 24.6 Å². The summed E-state index contributed by atoms with van der Waals surface area (Å²) >= 11 is 1.91. The zero-order chi connectivity index (χ0) is 15.9. The summed E-state index contributed by atoms with van der Waals surface area (Å²) in [5.41, 5.74) is 6.75. The minimum Gasteiger partial charge on any atom is -0.370 e. The number of carbonyl (C=O) groups is 1. The van der Waals surface area contributed by atoms with Gasteiger partial charge in [0.25, 0.3) is 5.91 Å². The molecule has 7 heteroatoms. The van der Waals surface area contributed by atoms with Gasteiger partial charge in [-0.25, -0.2) is 4.39 Å². The van der Waals surface area contributed by atoms with Crippen LogP contribution in [0.3, 0.4) is 0 Å². The summed E-state index contributed by atoms with van der Waals surface area (Å²) in [5, 5.41) is 2.71. The van der Waals surface area contributed by atoms with Crippen LogP contribution in [-0.2, 0) is 0 Å². The van der Waals surface area contributed by atoms with Crippen LogP contribution in [0.15, 0.2) is 23.2 Å². The molecule has 1 heterocycles. The molecule has 0 atom stereocenters. The normalized spacial score (nSPS) is 15.7. The highest BCUT2D eigenvalue weighted by molar-refractivity contribution is 7.99. The standard InChI is InChI=1S/C15H21FN4OS/c1-11-2-3-12(10-13(11)16)14(21)18-4-5-19-15(17)20-6-8-22-9-7-20/h2-3,10H,4-9H2,1H3,(H2,17,19)(H,18,21). The Kier molecular flexibility index (Phi) is 6.06. The van der Waals surface area contributed by atoms with Gasteiger partial charge in [0, 0.05) is 36.7 Å². The average Bonchev–Trinajstić information content (AvgIpc) is 2.54. The first-order valence-corrected chi connectivity index (χ1v) is 8.40. The molecule has 1 fully saturated rings. The third-order valence-electron chi connectivity index (χ3n) is 3.44. The van der Waals surface area contributed by atoms with Crippen LogP contribution in [0, 0.1) is 12.7 Å². The van der Waals surface area contributed by atoms with E-state index in [-0.39, 0.29) is 11.7 Å². The number of guanidine groups is 1. The van der Waals surface area contributed by atoms with Gasteiger partial charge < -0.3 is 16.0 Å². The highest BCUT2D eigenvalue weighted by Gasteiger charge is 2.12. The fourth-order valence-corrected chi connectivity index (χ4v) is 2.97. The maximum atomic E-state index is 13.4. The van der Waals surface area contributed by atoms with Gasteiger partial charge in [-0.2, -0.15) is 11.8 Å². The van der Waals surface area contributed by atoms with Gasteiger partial charge in [-0.3, -0.25) is 9.79 Å². The van der Waals surface area contributed by atoms with Gasteiger partial charge in [0.15, 0.2) is 5.96 Å². The number of amides is 1. The van der Waals surface area contributed by atoms with E-state index < -0.39 is 0 Å². The molecule has 1 aliphatic rings. The molecule has 0 radical (unpaired) electrons. The Hall–Kier alpha value is -1.76. The van der Waals surface area contributed by atoms with Crippen molar-refractivity contribution in [1.29, 1.82) is 0 Å². The van der Waals surface area contributed by atoms with E-state index in [1.807, 2.05) is 16.7 Å². The van der Waals surface area contributed by atoms with E-state index in [4.69, 9.17) is 5.73 Å². The fraction of sp³-hybridized carbons (Fsp3) is 0.467. The van der Waals surface area contributed by atoms with E-state index in [2.05, 4.69) is 10.3 Å². The molecule has 0 saturated carbocycles. The Labute approximate surface area is 134 Å². The zero-order valence-electron chi connectivity index (χ0n) is 12.6. The van der Waals surface area contributed by atoms with Crippen molar-refractivity contribution in [2.24, 2.45) is 10.7 Å². The fourth-order valence-electron chi connectivity index (χ4n) is 2.07. The number of benzene rings is 1. The van der Waals surface area contributed by atoms with Crippen LogP contribution in [0.4, 0.5) is 4.39 Å². The number of nitrogens with two attached hydrogens (primary N) is 1. The number of thioether (sulfide) groups is 1. The van der Waals surface area contributed by atoms with Gasteiger partial charge in [0.2, 0.25) is 0 Å². The first kappa shape index (κ1) is 16.6. The van der Waals surface area contributed by atoms with Gasteiger partial charge in [0.1, 0.15) is 5.82 Å². The molecule has 0 aromatic heterocycles. The molecule has 5 nitrogen and oxygen atoms in total. The Morgan fingerprint density at radius 3 is 2.86 bits per heavy atom. The second kappa shape index (κ2) is 8.03. The van der Waals surface area contributed by atoms with E-state index in [1.165, 1.54) is 6.07 Å². The Balaban J connectivity index is 1.77. The minimum absolute atomic E-state index is 0.304. The number of nitrogens with one attached hydrogen (secondary N) is 1. The molecule has 22 heavy (non-hydrogen) atoms. The number of hydrogen-bond acceptors (Lipinski definition) is 3. The Bertz CT molecular complexity index is 558. The van der Waals surface area contributed by atoms with Crippen LogP contribution < -0.4 is 11.1 Å². The zero-order valence-corrected chi connectivity index (χ0v) is 13.5. The molecular formula is C15H21FN4OS. The third-order valence-corrected chi connectivity index (χ3v) is 4.38. The van der Waals surface area contributed by atoms with Crippen molar-refractivity contribution in [3.63, 3.8) is 0 Å². The molecule has 1 aromatic rings. The minimum atomic E-state index is -0.377. The molecular weight excluding hydrogens is 303 g/mol. The lowest BCUT2D eigenvalue weighted by Crippen LogP contribution is -2.43. The molecule has 3 N–H and O–H groups in total. The molecule has 0 bridgehead atoms. The van der Waals surface area contributed by atoms with Crippen LogP contribution >= 0.6 is 11.8 Å². The number of aliphatic imine (C=N–C) groups is 1. The van der Waals surface area contributed by atoms with E-state index in [0.29, 0.717) is 30.2 Å². The van der Waals surface area contributed by atoms with Crippen molar-refractivity contribution < 1.29 is 9.18 Å². The van der Waals surface area contributed by atoms with Crippen molar-refractivity contribution in [2.75, 3.05) is 37.7 Å². The summed E-state index contributed by atoms with van der Waals surface area (Å²) in [6.07, 6.45) is 0. The van der Waals surface area contributed by atoms with Crippen LogP contribution in [0.2, 0.25) is 0 Å². The molecule has 120 valence electrons. The highest BCUT2D eigenvalue weighted by atomic mass is 32.2. The molecule has 0 spiro atoms. The van der Waals surface area contributed by atoms with Crippen molar-refractivity contribution >= 4 is 23.6 Å². The number of rotatable bonds is 4. The van der Waals surface area contributed by atoms with Gasteiger partial charge in [-0.15, -0.1) is 0 Å². The summed E-state index contributed by atoms with van der Waals surface area (Å²) < 4.78 is 13.4. The maximum absolute atomic E-state index is 13.4. The Morgan fingerprint density at radius 2 is 2.18 bits per heavy atom. The Morgan fingerprint density at radius 1 is 1.45 bits per heavy atom. The van der Waals surface area contributed by atoms with Crippen LogP contribution in [0.25, 0.3) is 0 Å². The average molecular weight is 324 g/mol. The van der Waals surface area contributed by atoms with Gasteiger partial charge in [-0.1, -0.05) is 6.07 Å². The van der Waals surface area contributed by atoms with Gasteiger partial charge >= 0.3 is 0 Å². The maximum Gasteiger partial charge on any atom is 0.251 e. The smallest absolute Gasteiger partial charge is 0.251 e. The lowest BCUT2D eigenvalue weighted by molar-refractivity contribution is 0.0954. The van der Waals surface area contributed by atoms with Crippen molar-refractivity contribution in [1.82, 2.24) is 10.2 Å². The van der Waals surface area contributed by atoms with E-state index in [9.17, 15) is 9.18 Å². The van der Waals surface area contributed by atoms with Crippen molar-refractivity contribution in [3.05, 3.63) is 35.1 Å². The van der Waals surface area contributed by atoms with E-state index >= 15 is 0 Å². The molecule has 1 amide bonds. The molecule has 2 rings (SSSR count). The number of nitrogens with zero attached hydrogens (tertiary/aromatic N) is 2. The van der Waals surface area contributed by atoms with Crippen molar-refractivity contribution in [2.45, 2.75) is 6.92 Å². The number of aryl methyl sites for hydroxylation is 1. The van der Waals surface area contributed by atoms with Crippen LogP contribution in [0.5, 0.6) is 0 Å². The third kappa shape index (κ3) is 4.62. The number of halogens is 1. The monoisotopic (exact) mass is 324 g/mol. The van der Waals surface area contributed by atoms with Gasteiger partial charge in [0.05, 0.1) is 6.54 Å². The first-order valence-electron chi connectivity index (χ1n) is 7.25. The summed E-state index contributed by atoms with van der Waals surface area (Å²) in [5.74, 6) is 1.97. The van der Waals surface area contributed by atoms with E-state index in [0.717, 1.165) is 24.6 Å². The number of carbonyl (C=O) groups excluding carboxylic acids is 1. The molecule has 1 saturated heterocycles. The van der Waals surface area contributed by atoms with E-state index in [1.54, 1.807) is 19.1 Å². The first-order chi connectivity index (χ1) is 10.6. The van der Waals surface area contributed by atoms with Crippen LogP contribution in [0.1, 0.15) is 15.9 Å². The second-order valence-corrected chi connectivity index (χ2v) is 6.28. The lowest BCUT2D eigenvalue weighted by Gasteiger charge is -2.27. The number of hydrogen-bond donors (Lipinski definition) is 2. The SMILES string of the molecule is Cc1ccc(C(=O)NCCN=C(N)N2CCSCC2)cc1F. The molecule has 0 aliphatic carbocycles. The lowest BCUT2D eigenvalue weighted by atomic mass is 10.1. The molecule has 1 aromatic carbocycles. The molecule has 0 unspecified atom stereocenters. The quantitative estimate of drug-likeness (QED) is 0.496.